The fourth-order valence-electron chi connectivity index (χ4n) is 3.45. The van der Waals surface area contributed by atoms with Crippen molar-refractivity contribution < 1.29 is 0 Å². The molecule has 1 aromatic carbocycles. The molecule has 4 nitrogen and oxygen atoms in total. The van der Waals surface area contributed by atoms with E-state index in [9.17, 15) is 0 Å². The van der Waals surface area contributed by atoms with Gasteiger partial charge in [-0.3, -0.25) is 0 Å². The summed E-state index contributed by atoms with van der Waals surface area (Å²) in [5, 5.41) is 3.55. The van der Waals surface area contributed by atoms with Crippen LogP contribution in [0.1, 0.15) is 56.0 Å². The van der Waals surface area contributed by atoms with Gasteiger partial charge in [-0.15, -0.1) is 0 Å². The van der Waals surface area contributed by atoms with Crippen LogP contribution in [0.5, 0.6) is 0 Å². The minimum Gasteiger partial charge on any atom is -0.367 e. The molecule has 0 aliphatic heterocycles. The van der Waals surface area contributed by atoms with Crippen molar-refractivity contribution in [2.75, 3.05) is 16.8 Å². The molecule has 1 heterocycles. The molecule has 0 radical (unpaired) electrons. The molecule has 0 fully saturated rings. The summed E-state index contributed by atoms with van der Waals surface area (Å²) in [6.07, 6.45) is 2.17. The number of aryl methyl sites for hydroxylation is 4. The van der Waals surface area contributed by atoms with Gasteiger partial charge in [-0.25, -0.2) is 4.98 Å². The van der Waals surface area contributed by atoms with E-state index in [1.807, 2.05) is 13.0 Å². The Kier molecular flexibility index (Phi) is 6.40. The number of aromatic nitrogens is 2. The molecule has 2 aromatic rings. The van der Waals surface area contributed by atoms with Gasteiger partial charge in [-0.1, -0.05) is 31.5 Å². The lowest BCUT2D eigenvalue weighted by atomic mass is 10.0. The molecule has 0 saturated carbocycles. The Hall–Kier alpha value is -2.10. The van der Waals surface area contributed by atoms with Gasteiger partial charge < -0.3 is 10.2 Å². The predicted molar refractivity (Wildman–Crippen MR) is 108 cm³/mol. The summed E-state index contributed by atoms with van der Waals surface area (Å²) < 4.78 is 0. The largest absolute Gasteiger partial charge is 0.367 e. The molecule has 2 rings (SSSR count). The third-order valence-electron chi connectivity index (χ3n) is 4.64. The number of nitrogens with zero attached hydrogens (tertiary/aromatic N) is 3. The smallest absolute Gasteiger partial charge is 0.232 e. The van der Waals surface area contributed by atoms with Crippen LogP contribution in [-0.2, 0) is 0 Å². The van der Waals surface area contributed by atoms with Crippen LogP contribution in [0, 0.1) is 27.7 Å². The van der Waals surface area contributed by atoms with Gasteiger partial charge in [0.15, 0.2) is 0 Å². The molecule has 0 unspecified atom stereocenters. The molecule has 136 valence electrons. The second-order valence-electron chi connectivity index (χ2n) is 6.84. The topological polar surface area (TPSA) is 41.1 Å². The van der Waals surface area contributed by atoms with Crippen LogP contribution in [0.25, 0.3) is 0 Å². The van der Waals surface area contributed by atoms with Crippen LogP contribution < -0.4 is 10.2 Å². The molecule has 25 heavy (non-hydrogen) atoms. The molecule has 0 atom stereocenters. The van der Waals surface area contributed by atoms with E-state index >= 15 is 0 Å². The Bertz CT molecular complexity index is 697. The molecule has 1 N–H and O–H groups in total. The maximum absolute atomic E-state index is 4.83. The van der Waals surface area contributed by atoms with Crippen molar-refractivity contribution in [1.82, 2.24) is 9.97 Å². The monoisotopic (exact) mass is 340 g/mol. The maximum Gasteiger partial charge on any atom is 0.232 e. The van der Waals surface area contributed by atoms with Gasteiger partial charge >= 0.3 is 0 Å². The fraction of sp³-hybridized carbons (Fsp3) is 0.524. The number of nitrogens with one attached hydrogen (secondary N) is 1. The van der Waals surface area contributed by atoms with E-state index in [0.717, 1.165) is 36.8 Å². The molecule has 0 spiro atoms. The minimum absolute atomic E-state index is 0.445. The van der Waals surface area contributed by atoms with Gasteiger partial charge in [0, 0.05) is 30.0 Å². The van der Waals surface area contributed by atoms with E-state index in [0.29, 0.717) is 6.04 Å². The van der Waals surface area contributed by atoms with Crippen LogP contribution in [0.2, 0.25) is 0 Å². The van der Waals surface area contributed by atoms with Crippen LogP contribution in [0.3, 0.4) is 0 Å². The summed E-state index contributed by atoms with van der Waals surface area (Å²) in [5.74, 6) is 1.68. The number of hydrogen-bond acceptors (Lipinski definition) is 4. The zero-order valence-electron chi connectivity index (χ0n) is 16.8. The Morgan fingerprint density at radius 3 is 2.04 bits per heavy atom. The highest BCUT2D eigenvalue weighted by Gasteiger charge is 2.17. The average molecular weight is 341 g/mol. The quantitative estimate of drug-likeness (QED) is 0.725. The Balaban J connectivity index is 2.46. The van der Waals surface area contributed by atoms with Crippen molar-refractivity contribution in [3.63, 3.8) is 0 Å². The number of hydrogen-bond donors (Lipinski definition) is 1. The molecule has 0 aliphatic carbocycles. The van der Waals surface area contributed by atoms with Gasteiger partial charge in [-0.05, 0) is 58.6 Å². The van der Waals surface area contributed by atoms with Gasteiger partial charge in [0.1, 0.15) is 5.82 Å². The zero-order chi connectivity index (χ0) is 18.6. The standard InChI is InChI=1S/C21H32N4/c1-8-18(9-2)23-19-13-17(7)22-21(24-19)25(10-3)20-15(5)11-14(4)12-16(20)6/h11-13,18H,8-10H2,1-7H3,(H,22,23,24). The van der Waals surface area contributed by atoms with Crippen molar-refractivity contribution in [3.05, 3.63) is 40.6 Å². The van der Waals surface area contributed by atoms with Crippen molar-refractivity contribution in [1.29, 1.82) is 0 Å². The number of benzene rings is 1. The summed E-state index contributed by atoms with van der Waals surface area (Å²) in [6.45, 7) is 15.9. The molecule has 0 aliphatic rings. The molecule has 4 heteroatoms. The van der Waals surface area contributed by atoms with Crippen LogP contribution in [0.4, 0.5) is 17.5 Å². The molecule has 0 saturated heterocycles. The van der Waals surface area contributed by atoms with Gasteiger partial charge in [-0.2, -0.15) is 4.98 Å². The predicted octanol–water partition coefficient (Wildman–Crippen LogP) is 5.47. The normalized spacial score (nSPS) is 11.0. The summed E-state index contributed by atoms with van der Waals surface area (Å²) in [4.78, 5) is 11.8. The first kappa shape index (κ1) is 19.2. The molecule has 0 amide bonds. The lowest BCUT2D eigenvalue weighted by molar-refractivity contribution is 0.668. The fourth-order valence-corrected chi connectivity index (χ4v) is 3.45. The van der Waals surface area contributed by atoms with E-state index in [1.165, 1.54) is 22.4 Å². The van der Waals surface area contributed by atoms with Gasteiger partial charge in [0.25, 0.3) is 0 Å². The Morgan fingerprint density at radius 2 is 1.52 bits per heavy atom. The molecule has 1 aromatic heterocycles. The molecular weight excluding hydrogens is 308 g/mol. The van der Waals surface area contributed by atoms with Gasteiger partial charge in [0.05, 0.1) is 0 Å². The van der Waals surface area contributed by atoms with E-state index in [4.69, 9.17) is 9.97 Å². The van der Waals surface area contributed by atoms with Crippen molar-refractivity contribution in [2.24, 2.45) is 0 Å². The Morgan fingerprint density at radius 1 is 0.920 bits per heavy atom. The summed E-state index contributed by atoms with van der Waals surface area (Å²) in [7, 11) is 0. The van der Waals surface area contributed by atoms with Crippen LogP contribution >= 0.6 is 0 Å². The Labute approximate surface area is 152 Å². The van der Waals surface area contributed by atoms with Gasteiger partial charge in [0.2, 0.25) is 5.95 Å². The molecule has 0 bridgehead atoms. The lowest BCUT2D eigenvalue weighted by Crippen LogP contribution is -2.23. The van der Waals surface area contributed by atoms with E-state index in [2.05, 4.69) is 63.9 Å². The summed E-state index contributed by atoms with van der Waals surface area (Å²) >= 11 is 0. The summed E-state index contributed by atoms with van der Waals surface area (Å²) in [6, 6.07) is 6.93. The highest BCUT2D eigenvalue weighted by Crippen LogP contribution is 2.31. The maximum atomic E-state index is 4.83. The first-order chi connectivity index (χ1) is 11.9. The third-order valence-corrected chi connectivity index (χ3v) is 4.64. The van der Waals surface area contributed by atoms with Crippen molar-refractivity contribution in [3.8, 4) is 0 Å². The highest BCUT2D eigenvalue weighted by atomic mass is 15.3. The van der Waals surface area contributed by atoms with Crippen LogP contribution in [-0.4, -0.2) is 22.6 Å². The van der Waals surface area contributed by atoms with E-state index < -0.39 is 0 Å². The third kappa shape index (κ3) is 4.50. The second kappa shape index (κ2) is 8.32. The molecular formula is C21H32N4. The number of rotatable bonds is 7. The average Bonchev–Trinajstić information content (AvgIpc) is 2.55. The lowest BCUT2D eigenvalue weighted by Gasteiger charge is -2.26. The van der Waals surface area contributed by atoms with E-state index in [1.54, 1.807) is 0 Å². The minimum atomic E-state index is 0.445. The van der Waals surface area contributed by atoms with Crippen molar-refractivity contribution in [2.45, 2.75) is 67.3 Å². The van der Waals surface area contributed by atoms with Crippen LogP contribution in [0.15, 0.2) is 18.2 Å². The first-order valence-corrected chi connectivity index (χ1v) is 9.37. The highest BCUT2D eigenvalue weighted by molar-refractivity contribution is 5.67. The first-order valence-electron chi connectivity index (χ1n) is 9.37. The second-order valence-corrected chi connectivity index (χ2v) is 6.84. The van der Waals surface area contributed by atoms with E-state index in [-0.39, 0.29) is 0 Å². The SMILES string of the molecule is CCC(CC)Nc1cc(C)nc(N(CC)c2c(C)cc(C)cc2C)n1. The van der Waals surface area contributed by atoms with Crippen molar-refractivity contribution >= 4 is 17.5 Å². The number of anilines is 3. The summed E-state index contributed by atoms with van der Waals surface area (Å²) in [5.41, 5.74) is 6.01. The zero-order valence-corrected chi connectivity index (χ0v) is 16.8.